The van der Waals surface area contributed by atoms with Gasteiger partial charge in [0.1, 0.15) is 6.04 Å². The number of carboxylic acids is 1. The van der Waals surface area contributed by atoms with Crippen molar-refractivity contribution < 1.29 is 14.8 Å². The first kappa shape index (κ1) is 14.1. The van der Waals surface area contributed by atoms with Crippen molar-refractivity contribution in [1.82, 2.24) is 5.32 Å². The first-order valence-corrected chi connectivity index (χ1v) is 4.57. The highest BCUT2D eigenvalue weighted by molar-refractivity contribution is 5.75. The van der Waals surface area contributed by atoms with Crippen LogP contribution in [0.4, 0.5) is 0 Å². The summed E-state index contributed by atoms with van der Waals surface area (Å²) in [5, 5.41) is 21.1. The number of guanidine groups is 1. The van der Waals surface area contributed by atoms with Gasteiger partial charge in [-0.2, -0.15) is 0 Å². The van der Waals surface area contributed by atoms with Crippen molar-refractivity contribution >= 4 is 11.9 Å². The topological polar surface area (TPSA) is 157 Å². The van der Waals surface area contributed by atoms with Crippen molar-refractivity contribution in [2.24, 2.45) is 16.5 Å². The van der Waals surface area contributed by atoms with Gasteiger partial charge in [0.25, 0.3) is 6.67 Å². The molecule has 0 radical (unpaired) electrons. The SMILES string of the molecule is NC(N)=NCCC[C@H](NC[N+](=O)[O-])C(=O)O. The molecule has 0 bridgehead atoms. The number of carbonyl (C=O) groups is 1. The largest absolute Gasteiger partial charge is 0.480 e. The Morgan fingerprint density at radius 2 is 2.19 bits per heavy atom. The van der Waals surface area contributed by atoms with Gasteiger partial charge in [-0.3, -0.25) is 19.9 Å². The third-order valence-electron chi connectivity index (χ3n) is 1.71. The van der Waals surface area contributed by atoms with E-state index in [1.807, 2.05) is 0 Å². The number of carboxylic acid groups (broad SMARTS) is 1. The average Bonchev–Trinajstić information content (AvgIpc) is 2.15. The summed E-state index contributed by atoms with van der Waals surface area (Å²) in [4.78, 5) is 23.7. The number of nitrogens with one attached hydrogen (secondary N) is 1. The molecule has 0 amide bonds. The summed E-state index contributed by atoms with van der Waals surface area (Å²) in [5.74, 6) is -1.20. The van der Waals surface area contributed by atoms with Gasteiger partial charge in [-0.25, -0.2) is 5.32 Å². The number of nitrogens with two attached hydrogens (primary N) is 2. The van der Waals surface area contributed by atoms with E-state index in [0.717, 1.165) is 0 Å². The number of aliphatic imine (C=N–C) groups is 1. The Hall–Kier alpha value is -1.90. The predicted molar refractivity (Wildman–Crippen MR) is 56.3 cm³/mol. The molecule has 0 spiro atoms. The summed E-state index contributed by atoms with van der Waals surface area (Å²) in [5.41, 5.74) is 10.1. The lowest BCUT2D eigenvalue weighted by atomic mass is 10.1. The molecule has 9 heteroatoms. The average molecular weight is 233 g/mol. The number of nitrogens with zero attached hydrogens (tertiary/aromatic N) is 2. The zero-order chi connectivity index (χ0) is 12.6. The van der Waals surface area contributed by atoms with Crippen LogP contribution in [0.3, 0.4) is 0 Å². The fourth-order valence-electron chi connectivity index (χ4n) is 1.00. The van der Waals surface area contributed by atoms with Gasteiger partial charge in [0.2, 0.25) is 0 Å². The number of nitro groups is 1. The molecule has 0 unspecified atom stereocenters. The Bertz CT molecular complexity index is 276. The summed E-state index contributed by atoms with van der Waals surface area (Å²) in [6.45, 7) is -0.286. The molecule has 16 heavy (non-hydrogen) atoms. The summed E-state index contributed by atoms with van der Waals surface area (Å²) >= 11 is 0. The Kier molecular flexibility index (Phi) is 6.52. The Balaban J connectivity index is 3.90. The van der Waals surface area contributed by atoms with E-state index < -0.39 is 23.6 Å². The van der Waals surface area contributed by atoms with Crippen LogP contribution in [0.1, 0.15) is 12.8 Å². The highest BCUT2D eigenvalue weighted by Crippen LogP contribution is 1.98. The van der Waals surface area contributed by atoms with E-state index in [1.54, 1.807) is 0 Å². The molecule has 0 aromatic rings. The summed E-state index contributed by atoms with van der Waals surface area (Å²) in [6, 6.07) is -0.959. The van der Waals surface area contributed by atoms with Gasteiger partial charge < -0.3 is 16.6 Å². The van der Waals surface area contributed by atoms with Crippen molar-refractivity contribution in [3.63, 3.8) is 0 Å². The molecule has 0 saturated heterocycles. The van der Waals surface area contributed by atoms with Gasteiger partial charge in [-0.05, 0) is 12.8 Å². The van der Waals surface area contributed by atoms with Crippen LogP contribution in [0, 0.1) is 10.1 Å². The minimum Gasteiger partial charge on any atom is -0.480 e. The zero-order valence-electron chi connectivity index (χ0n) is 8.63. The monoisotopic (exact) mass is 233 g/mol. The van der Waals surface area contributed by atoms with Crippen molar-refractivity contribution in [2.45, 2.75) is 18.9 Å². The Morgan fingerprint density at radius 3 is 2.62 bits per heavy atom. The Labute approximate surface area is 91.7 Å². The maximum Gasteiger partial charge on any atom is 0.320 e. The van der Waals surface area contributed by atoms with E-state index >= 15 is 0 Å². The summed E-state index contributed by atoms with van der Waals surface area (Å²) in [7, 11) is 0. The molecule has 0 aromatic heterocycles. The first-order chi connectivity index (χ1) is 7.43. The lowest BCUT2D eigenvalue weighted by Crippen LogP contribution is -2.39. The van der Waals surface area contributed by atoms with Gasteiger partial charge in [-0.1, -0.05) is 0 Å². The second-order valence-electron chi connectivity index (χ2n) is 3.03. The van der Waals surface area contributed by atoms with Crippen LogP contribution in [0.15, 0.2) is 4.99 Å². The molecule has 0 heterocycles. The Morgan fingerprint density at radius 1 is 1.56 bits per heavy atom. The van der Waals surface area contributed by atoms with Crippen LogP contribution >= 0.6 is 0 Å². The van der Waals surface area contributed by atoms with Crippen LogP contribution in [-0.4, -0.2) is 41.2 Å². The van der Waals surface area contributed by atoms with Crippen LogP contribution in [-0.2, 0) is 4.79 Å². The standard InChI is InChI=1S/C7H15N5O4/c8-7(9)10-3-1-2-5(6(13)14)11-4-12(15)16/h5,11H,1-4H2,(H,13,14)(H4,8,9,10)/t5-/m0/s1. The fourth-order valence-corrected chi connectivity index (χ4v) is 1.00. The van der Waals surface area contributed by atoms with Gasteiger partial charge >= 0.3 is 5.97 Å². The number of rotatable bonds is 8. The van der Waals surface area contributed by atoms with E-state index in [2.05, 4.69) is 10.3 Å². The minimum atomic E-state index is -1.13. The lowest BCUT2D eigenvalue weighted by molar-refractivity contribution is -0.486. The highest BCUT2D eigenvalue weighted by Gasteiger charge is 2.17. The molecule has 0 rings (SSSR count). The van der Waals surface area contributed by atoms with Crippen LogP contribution in [0.5, 0.6) is 0 Å². The second kappa shape index (κ2) is 7.40. The van der Waals surface area contributed by atoms with Gasteiger partial charge in [0.15, 0.2) is 5.96 Å². The second-order valence-corrected chi connectivity index (χ2v) is 3.03. The smallest absolute Gasteiger partial charge is 0.320 e. The highest BCUT2D eigenvalue weighted by atomic mass is 16.6. The molecule has 6 N–H and O–H groups in total. The van der Waals surface area contributed by atoms with E-state index in [9.17, 15) is 14.9 Å². The number of hydrogen-bond acceptors (Lipinski definition) is 5. The van der Waals surface area contributed by atoms with Gasteiger partial charge in [-0.15, -0.1) is 0 Å². The van der Waals surface area contributed by atoms with Crippen molar-refractivity contribution in [3.05, 3.63) is 10.1 Å². The maximum absolute atomic E-state index is 10.7. The fraction of sp³-hybridized carbons (Fsp3) is 0.714. The molecular weight excluding hydrogens is 218 g/mol. The molecule has 0 aliphatic carbocycles. The normalized spacial score (nSPS) is 11.8. The molecule has 0 saturated carbocycles. The maximum atomic E-state index is 10.7. The van der Waals surface area contributed by atoms with E-state index in [-0.39, 0.29) is 12.4 Å². The minimum absolute atomic E-state index is 0.0647. The first-order valence-electron chi connectivity index (χ1n) is 4.57. The van der Waals surface area contributed by atoms with Gasteiger partial charge in [0.05, 0.1) is 0 Å². The number of aliphatic carboxylic acids is 1. The van der Waals surface area contributed by atoms with E-state index in [0.29, 0.717) is 13.0 Å². The third kappa shape index (κ3) is 7.50. The van der Waals surface area contributed by atoms with Crippen molar-refractivity contribution in [2.75, 3.05) is 13.2 Å². The van der Waals surface area contributed by atoms with Crippen LogP contribution in [0.2, 0.25) is 0 Å². The molecule has 0 aliphatic heterocycles. The molecule has 0 fully saturated rings. The zero-order valence-corrected chi connectivity index (χ0v) is 8.63. The molecule has 9 nitrogen and oxygen atoms in total. The van der Waals surface area contributed by atoms with E-state index in [4.69, 9.17) is 16.6 Å². The molecular formula is C7H15N5O4. The summed E-state index contributed by atoms with van der Waals surface area (Å²) in [6.07, 6.45) is 0.652. The molecule has 0 aromatic carbocycles. The quantitative estimate of drug-likeness (QED) is 0.0972. The summed E-state index contributed by atoms with van der Waals surface area (Å²) < 4.78 is 0. The van der Waals surface area contributed by atoms with Crippen molar-refractivity contribution in [3.8, 4) is 0 Å². The molecule has 0 aliphatic rings. The number of hydrogen-bond donors (Lipinski definition) is 4. The molecule has 1 atom stereocenters. The third-order valence-corrected chi connectivity index (χ3v) is 1.71. The lowest BCUT2D eigenvalue weighted by Gasteiger charge is -2.10. The predicted octanol–water partition coefficient (Wildman–Crippen LogP) is -1.68. The van der Waals surface area contributed by atoms with Crippen LogP contribution < -0.4 is 16.8 Å². The van der Waals surface area contributed by atoms with Gasteiger partial charge in [0, 0.05) is 11.5 Å². The van der Waals surface area contributed by atoms with Crippen molar-refractivity contribution in [1.29, 1.82) is 0 Å². The van der Waals surface area contributed by atoms with Crippen LogP contribution in [0.25, 0.3) is 0 Å². The van der Waals surface area contributed by atoms with E-state index in [1.165, 1.54) is 0 Å². The molecule has 92 valence electrons.